The maximum absolute atomic E-state index is 11.5. The molecule has 166 valence electrons. The van der Waals surface area contributed by atoms with Crippen LogP contribution < -0.4 is 0 Å². The van der Waals surface area contributed by atoms with E-state index >= 15 is 0 Å². The van der Waals surface area contributed by atoms with Gasteiger partial charge in [0.1, 0.15) is 0 Å². The first kappa shape index (κ1) is 21.9. The Labute approximate surface area is 179 Å². The smallest absolute Gasteiger partial charge is 0.0585 e. The fourth-order valence-electron chi connectivity index (χ4n) is 8.80. The number of allylic oxidation sites excluding steroid dienone is 1. The van der Waals surface area contributed by atoms with Crippen molar-refractivity contribution >= 4 is 0 Å². The summed E-state index contributed by atoms with van der Waals surface area (Å²) in [7, 11) is 0. The lowest BCUT2D eigenvalue weighted by Gasteiger charge is -2.60. The summed E-state index contributed by atoms with van der Waals surface area (Å²) in [5.41, 5.74) is 1.88. The molecule has 2 heteroatoms. The van der Waals surface area contributed by atoms with Gasteiger partial charge >= 0.3 is 0 Å². The van der Waals surface area contributed by atoms with Crippen LogP contribution in [0.15, 0.2) is 11.6 Å². The van der Waals surface area contributed by atoms with Crippen LogP contribution in [0.3, 0.4) is 0 Å². The van der Waals surface area contributed by atoms with E-state index in [-0.39, 0.29) is 17.6 Å². The minimum absolute atomic E-state index is 0.115. The van der Waals surface area contributed by atoms with Crippen molar-refractivity contribution in [2.45, 2.75) is 111 Å². The van der Waals surface area contributed by atoms with Crippen molar-refractivity contribution in [2.24, 2.45) is 46.3 Å². The zero-order chi connectivity index (χ0) is 21.0. The highest BCUT2D eigenvalue weighted by atomic mass is 16.3. The van der Waals surface area contributed by atoms with Crippen molar-refractivity contribution in [3.63, 3.8) is 0 Å². The first-order valence-electron chi connectivity index (χ1n) is 12.7. The highest BCUT2D eigenvalue weighted by Crippen LogP contribution is 2.67. The summed E-state index contributed by atoms with van der Waals surface area (Å²) in [6, 6.07) is 0. The van der Waals surface area contributed by atoms with Gasteiger partial charge in [0.2, 0.25) is 0 Å². The van der Waals surface area contributed by atoms with E-state index in [1.807, 2.05) is 0 Å². The molecular weight excluding hydrogens is 356 g/mol. The van der Waals surface area contributed by atoms with E-state index in [2.05, 4.69) is 40.7 Å². The summed E-state index contributed by atoms with van der Waals surface area (Å²) < 4.78 is 0. The summed E-state index contributed by atoms with van der Waals surface area (Å²) in [4.78, 5) is 0. The van der Waals surface area contributed by atoms with Gasteiger partial charge in [-0.2, -0.15) is 0 Å². The molecule has 0 aliphatic heterocycles. The molecule has 0 amide bonds. The Balaban J connectivity index is 1.54. The van der Waals surface area contributed by atoms with Gasteiger partial charge in [0, 0.05) is 0 Å². The van der Waals surface area contributed by atoms with E-state index in [0.717, 1.165) is 55.8 Å². The summed E-state index contributed by atoms with van der Waals surface area (Å²) >= 11 is 0. The van der Waals surface area contributed by atoms with Gasteiger partial charge in [-0.05, 0) is 91.3 Å². The summed E-state index contributed by atoms with van der Waals surface area (Å²) in [6.45, 7) is 12.1. The predicted molar refractivity (Wildman–Crippen MR) is 120 cm³/mol. The Morgan fingerprint density at radius 2 is 1.83 bits per heavy atom. The third-order valence-electron chi connectivity index (χ3n) is 10.2. The van der Waals surface area contributed by atoms with Crippen LogP contribution in [-0.2, 0) is 0 Å². The number of rotatable bonds is 5. The van der Waals surface area contributed by atoms with Gasteiger partial charge in [-0.1, -0.05) is 65.5 Å². The molecule has 0 aromatic rings. The fourth-order valence-corrected chi connectivity index (χ4v) is 8.80. The molecule has 2 nitrogen and oxygen atoms in total. The zero-order valence-electron chi connectivity index (χ0n) is 19.7. The van der Waals surface area contributed by atoms with Crippen LogP contribution in [-0.4, -0.2) is 22.4 Å². The van der Waals surface area contributed by atoms with Crippen LogP contribution in [0, 0.1) is 46.3 Å². The first-order chi connectivity index (χ1) is 13.7. The minimum Gasteiger partial charge on any atom is -0.393 e. The molecule has 0 unspecified atom stereocenters. The topological polar surface area (TPSA) is 40.5 Å². The molecule has 0 aromatic heterocycles. The maximum atomic E-state index is 11.5. The van der Waals surface area contributed by atoms with Crippen LogP contribution >= 0.6 is 0 Å². The lowest BCUT2D eigenvalue weighted by molar-refractivity contribution is -0.129. The number of hydrogen-bond donors (Lipinski definition) is 2. The Kier molecular flexibility index (Phi) is 6.01. The van der Waals surface area contributed by atoms with E-state index < -0.39 is 0 Å². The van der Waals surface area contributed by atoms with Crippen LogP contribution in [0.2, 0.25) is 0 Å². The Morgan fingerprint density at radius 1 is 1.07 bits per heavy atom. The van der Waals surface area contributed by atoms with Gasteiger partial charge in [0.15, 0.2) is 0 Å². The molecule has 0 radical (unpaired) electrons. The van der Waals surface area contributed by atoms with Crippen molar-refractivity contribution in [3.05, 3.63) is 11.6 Å². The van der Waals surface area contributed by atoms with Crippen LogP contribution in [0.1, 0.15) is 98.8 Å². The molecule has 0 bridgehead atoms. The lowest BCUT2D eigenvalue weighted by atomic mass is 9.46. The second kappa shape index (κ2) is 7.97. The molecule has 9 atom stereocenters. The highest BCUT2D eigenvalue weighted by molar-refractivity contribution is 5.26. The number of aliphatic hydroxyl groups excluding tert-OH is 2. The Bertz CT molecular complexity index is 624. The molecule has 0 heterocycles. The normalized spacial score (nSPS) is 47.9. The molecule has 4 aliphatic carbocycles. The molecule has 4 rings (SSSR count). The summed E-state index contributed by atoms with van der Waals surface area (Å²) in [5, 5.41) is 21.8. The van der Waals surface area contributed by atoms with Crippen molar-refractivity contribution in [1.29, 1.82) is 0 Å². The second-order valence-electron chi connectivity index (χ2n) is 12.3. The van der Waals surface area contributed by atoms with E-state index in [1.54, 1.807) is 0 Å². The van der Waals surface area contributed by atoms with E-state index in [1.165, 1.54) is 37.7 Å². The van der Waals surface area contributed by atoms with Crippen molar-refractivity contribution in [3.8, 4) is 0 Å². The van der Waals surface area contributed by atoms with Crippen LogP contribution in [0.25, 0.3) is 0 Å². The zero-order valence-corrected chi connectivity index (χ0v) is 19.7. The van der Waals surface area contributed by atoms with Crippen molar-refractivity contribution in [1.82, 2.24) is 0 Å². The monoisotopic (exact) mass is 402 g/mol. The molecular formula is C27H46O2. The Hall–Kier alpha value is -0.340. The van der Waals surface area contributed by atoms with E-state index in [0.29, 0.717) is 17.3 Å². The first-order valence-corrected chi connectivity index (χ1v) is 12.7. The molecule has 0 saturated heterocycles. The molecule has 29 heavy (non-hydrogen) atoms. The van der Waals surface area contributed by atoms with Gasteiger partial charge in [0.25, 0.3) is 0 Å². The average Bonchev–Trinajstić information content (AvgIpc) is 2.98. The summed E-state index contributed by atoms with van der Waals surface area (Å²) in [5.74, 6) is 4.19. The minimum atomic E-state index is -0.173. The van der Waals surface area contributed by atoms with Gasteiger partial charge in [-0.15, -0.1) is 0 Å². The molecule has 3 fully saturated rings. The number of hydrogen-bond acceptors (Lipinski definition) is 2. The molecule has 3 saturated carbocycles. The third kappa shape index (κ3) is 3.65. The van der Waals surface area contributed by atoms with Gasteiger partial charge in [-0.25, -0.2) is 0 Å². The molecule has 4 aliphatic rings. The summed E-state index contributed by atoms with van der Waals surface area (Å²) in [6.07, 6.45) is 13.9. The van der Waals surface area contributed by atoms with E-state index in [9.17, 15) is 10.2 Å². The van der Waals surface area contributed by atoms with E-state index in [4.69, 9.17) is 0 Å². The maximum Gasteiger partial charge on any atom is 0.0585 e. The highest BCUT2D eigenvalue weighted by Gasteiger charge is 2.61. The SMILES string of the molecule is CC(C)CCC[C@@H](C)[C@H]1CC[C@H]2[C@@H]3CC=C4C[C@H](O)CC[C@]4(C)[C@H]3[C@@H](O)C[C@]12C. The molecule has 2 N–H and O–H groups in total. The Morgan fingerprint density at radius 3 is 2.55 bits per heavy atom. The standard InChI is InChI=1S/C27H46O2/c1-17(2)7-6-8-18(3)22-11-12-23-21-10-9-19-15-20(28)13-14-26(19,4)25(21)24(29)16-27(22,23)5/h9,17-18,20-25,28-29H,6-8,10-16H2,1-5H3/t18-,20-,21+,22-,23+,24+,25-,26+,27-/m1/s1. The van der Waals surface area contributed by atoms with Crippen LogP contribution in [0.5, 0.6) is 0 Å². The van der Waals surface area contributed by atoms with Crippen molar-refractivity contribution in [2.75, 3.05) is 0 Å². The average molecular weight is 403 g/mol. The number of aliphatic hydroxyl groups is 2. The van der Waals surface area contributed by atoms with Gasteiger partial charge < -0.3 is 10.2 Å². The third-order valence-corrected chi connectivity index (χ3v) is 10.2. The molecule has 0 spiro atoms. The number of fused-ring (bicyclic) bond motifs is 5. The quantitative estimate of drug-likeness (QED) is 0.525. The van der Waals surface area contributed by atoms with Crippen LogP contribution in [0.4, 0.5) is 0 Å². The van der Waals surface area contributed by atoms with Gasteiger partial charge in [0.05, 0.1) is 12.2 Å². The second-order valence-corrected chi connectivity index (χ2v) is 12.3. The van der Waals surface area contributed by atoms with Gasteiger partial charge in [-0.3, -0.25) is 0 Å². The molecule has 0 aromatic carbocycles. The lowest BCUT2D eigenvalue weighted by Crippen LogP contribution is -2.56. The van der Waals surface area contributed by atoms with Crippen molar-refractivity contribution < 1.29 is 10.2 Å². The fraction of sp³-hybridized carbons (Fsp3) is 0.926. The predicted octanol–water partition coefficient (Wildman–Crippen LogP) is 6.36. The largest absolute Gasteiger partial charge is 0.393 e.